The smallest absolute Gasteiger partial charge is 0.451 e. The van der Waals surface area contributed by atoms with Crippen LogP contribution < -0.4 is 0 Å². The lowest BCUT2D eigenvalue weighted by molar-refractivity contribution is 0.123. The summed E-state index contributed by atoms with van der Waals surface area (Å²) in [4.78, 5) is 0. The Labute approximate surface area is 84.7 Å². The molecule has 0 N–H and O–H groups in total. The minimum atomic E-state index is -2.00. The molecule has 0 rings (SSSR count). The molecule has 0 unspecified atom stereocenters. The molecule has 0 bridgehead atoms. The van der Waals surface area contributed by atoms with Crippen LogP contribution in [0.15, 0.2) is 38.0 Å². The Bertz CT molecular complexity index is 130. The largest absolute Gasteiger partial charge is 0.906 e. The zero-order chi connectivity index (χ0) is 9.94. The highest BCUT2D eigenvalue weighted by molar-refractivity contribution is 6.36. The van der Waals surface area contributed by atoms with Gasteiger partial charge < -0.3 is 11.4 Å². The van der Waals surface area contributed by atoms with Crippen LogP contribution in [0.4, 0.5) is 0 Å². The summed E-state index contributed by atoms with van der Waals surface area (Å²) in [6.07, 6.45) is 4.98. The Morgan fingerprint density at radius 2 is 1.08 bits per heavy atom. The van der Waals surface area contributed by atoms with Gasteiger partial charge in [0.25, 0.3) is 0 Å². The molecule has 13 heavy (non-hydrogen) atoms. The van der Waals surface area contributed by atoms with Crippen LogP contribution in [0.3, 0.4) is 0 Å². The van der Waals surface area contributed by atoms with Crippen molar-refractivity contribution in [3.05, 3.63) is 38.0 Å². The van der Waals surface area contributed by atoms with Gasteiger partial charge in [-0.3, -0.25) is 0 Å². The first-order chi connectivity index (χ1) is 6.35. The van der Waals surface area contributed by atoms with E-state index < -0.39 is 15.1 Å². The van der Waals surface area contributed by atoms with E-state index in [1.165, 1.54) is 0 Å². The highest BCUT2D eigenvalue weighted by atomic mass is 27.3. The van der Waals surface area contributed by atoms with Crippen molar-refractivity contribution in [1.82, 2.24) is 0 Å². The van der Waals surface area contributed by atoms with Crippen molar-refractivity contribution in [3.63, 3.8) is 0 Å². The highest BCUT2D eigenvalue weighted by Crippen LogP contribution is 1.93. The van der Waals surface area contributed by atoms with E-state index in [0.29, 0.717) is 19.8 Å². The molecule has 3 nitrogen and oxygen atoms in total. The Balaban J connectivity index is 3.64. The predicted molar refractivity (Wildman–Crippen MR) is 54.2 cm³/mol. The van der Waals surface area contributed by atoms with Gasteiger partial charge in [-0.1, -0.05) is 18.2 Å². The summed E-state index contributed by atoms with van der Waals surface area (Å²) in [5.74, 6) is 0. The van der Waals surface area contributed by atoms with Crippen LogP contribution in [0, 0.1) is 0 Å². The van der Waals surface area contributed by atoms with E-state index in [4.69, 9.17) is 11.4 Å². The first-order valence-electron chi connectivity index (χ1n) is 4.02. The van der Waals surface area contributed by atoms with Crippen LogP contribution in [-0.4, -0.2) is 35.0 Å². The lowest BCUT2D eigenvalue weighted by atomic mass is 10.7. The minimum absolute atomic E-state index is 0.450. The van der Waals surface area contributed by atoms with E-state index in [2.05, 4.69) is 19.7 Å². The van der Waals surface area contributed by atoms with Crippen molar-refractivity contribution in [1.29, 1.82) is 0 Å². The Morgan fingerprint density at radius 1 is 0.769 bits per heavy atom. The Kier molecular flexibility index (Phi) is 9.44. The summed E-state index contributed by atoms with van der Waals surface area (Å²) in [6, 6.07) is 0. The van der Waals surface area contributed by atoms with Crippen molar-refractivity contribution in [2.45, 2.75) is 0 Å². The van der Waals surface area contributed by atoms with Gasteiger partial charge in [-0.15, -0.1) is 19.7 Å². The third-order valence-electron chi connectivity index (χ3n) is 1.05. The van der Waals surface area contributed by atoms with Gasteiger partial charge in [0.05, 0.1) is 0 Å². The molecule has 0 aromatic heterocycles. The predicted octanol–water partition coefficient (Wildman–Crippen LogP) is 1.58. The quantitative estimate of drug-likeness (QED) is 0.416. The summed E-state index contributed by atoms with van der Waals surface area (Å²) in [6.45, 7) is 12.0. The summed E-state index contributed by atoms with van der Waals surface area (Å²) in [5, 5.41) is 0. The summed E-state index contributed by atoms with van der Waals surface area (Å²) in [7, 11) is 0. The summed E-state index contributed by atoms with van der Waals surface area (Å²) < 4.78 is 15.8. The van der Waals surface area contributed by atoms with Crippen molar-refractivity contribution in [2.24, 2.45) is 0 Å². The molecule has 0 fully saturated rings. The second-order valence-corrected chi connectivity index (χ2v) is 3.73. The molecule has 0 aliphatic heterocycles. The molecule has 0 aliphatic rings. The standard InChI is InChI=1S/3C3H5O.Al/c3*1-2-3-4;/h3*2H,1,3H2;/q3*-1;+3. The topological polar surface area (TPSA) is 27.7 Å². The fraction of sp³-hybridized carbons (Fsp3) is 0.333. The molecule has 0 aromatic carbocycles. The molecule has 0 amide bonds. The van der Waals surface area contributed by atoms with E-state index in [9.17, 15) is 0 Å². The van der Waals surface area contributed by atoms with Crippen LogP contribution in [-0.2, 0) is 11.4 Å². The molecular weight excluding hydrogens is 183 g/mol. The van der Waals surface area contributed by atoms with Crippen molar-refractivity contribution in [2.75, 3.05) is 19.8 Å². The molecule has 0 spiro atoms. The maximum absolute atomic E-state index is 5.28. The van der Waals surface area contributed by atoms with Crippen LogP contribution in [0.1, 0.15) is 0 Å². The molecule has 0 atom stereocenters. The van der Waals surface area contributed by atoms with E-state index >= 15 is 0 Å². The van der Waals surface area contributed by atoms with E-state index in [1.54, 1.807) is 18.2 Å². The molecule has 0 radical (unpaired) electrons. The van der Waals surface area contributed by atoms with Gasteiger partial charge >= 0.3 is 15.1 Å². The van der Waals surface area contributed by atoms with Gasteiger partial charge in [0, 0.05) is 19.8 Å². The first-order valence-corrected chi connectivity index (χ1v) is 5.44. The Morgan fingerprint density at radius 3 is 1.31 bits per heavy atom. The molecule has 0 aromatic rings. The average Bonchev–Trinajstić information content (AvgIpc) is 2.17. The van der Waals surface area contributed by atoms with Gasteiger partial charge in [0.2, 0.25) is 0 Å². The molecule has 0 aliphatic carbocycles. The second-order valence-electron chi connectivity index (χ2n) is 2.15. The van der Waals surface area contributed by atoms with Gasteiger partial charge in [0.1, 0.15) is 0 Å². The normalized spacial score (nSPS) is 9.23. The van der Waals surface area contributed by atoms with Crippen LogP contribution in [0.25, 0.3) is 0 Å². The SMILES string of the molecule is C=CC[O][Al]([O]CC=C)[O]CC=C. The Hall–Kier alpha value is -0.368. The third kappa shape index (κ3) is 7.98. The van der Waals surface area contributed by atoms with Gasteiger partial charge in [-0.05, 0) is 0 Å². The van der Waals surface area contributed by atoms with Gasteiger partial charge in [-0.2, -0.15) is 0 Å². The maximum atomic E-state index is 5.28. The second kappa shape index (κ2) is 9.72. The fourth-order valence-electron chi connectivity index (χ4n) is 0.584. The maximum Gasteiger partial charge on any atom is 0.906 e. The minimum Gasteiger partial charge on any atom is -0.451 e. The van der Waals surface area contributed by atoms with E-state index in [0.717, 1.165) is 0 Å². The lowest BCUT2D eigenvalue weighted by Crippen LogP contribution is -2.27. The molecule has 72 valence electrons. The van der Waals surface area contributed by atoms with E-state index in [-0.39, 0.29) is 0 Å². The van der Waals surface area contributed by atoms with Gasteiger partial charge in [0.15, 0.2) is 0 Å². The van der Waals surface area contributed by atoms with Crippen molar-refractivity contribution >= 4 is 15.1 Å². The highest BCUT2D eigenvalue weighted by Gasteiger charge is 2.29. The molecule has 0 saturated carbocycles. The molecule has 0 heterocycles. The number of hydrogen-bond donors (Lipinski definition) is 0. The van der Waals surface area contributed by atoms with Crippen molar-refractivity contribution < 1.29 is 11.4 Å². The van der Waals surface area contributed by atoms with Crippen LogP contribution >= 0.6 is 0 Å². The third-order valence-corrected chi connectivity index (χ3v) is 2.44. The zero-order valence-corrected chi connectivity index (χ0v) is 8.93. The van der Waals surface area contributed by atoms with E-state index in [1.807, 2.05) is 0 Å². The fourth-order valence-corrected chi connectivity index (χ4v) is 1.75. The zero-order valence-electron chi connectivity index (χ0n) is 7.78. The number of rotatable bonds is 9. The first kappa shape index (κ1) is 12.6. The van der Waals surface area contributed by atoms with Crippen molar-refractivity contribution in [3.8, 4) is 0 Å². The van der Waals surface area contributed by atoms with Crippen LogP contribution in [0.2, 0.25) is 0 Å². The number of hydrogen-bond acceptors (Lipinski definition) is 3. The lowest BCUT2D eigenvalue weighted by Gasteiger charge is -2.09. The summed E-state index contributed by atoms with van der Waals surface area (Å²) in [5.41, 5.74) is 0. The monoisotopic (exact) mass is 198 g/mol. The molecular formula is C9H15AlO3. The molecule has 0 saturated heterocycles. The van der Waals surface area contributed by atoms with Gasteiger partial charge in [-0.25, -0.2) is 0 Å². The molecule has 4 heteroatoms. The van der Waals surface area contributed by atoms with Crippen LogP contribution in [0.5, 0.6) is 0 Å². The average molecular weight is 198 g/mol. The summed E-state index contributed by atoms with van der Waals surface area (Å²) >= 11 is -2.00.